The van der Waals surface area contributed by atoms with Crippen molar-refractivity contribution in [1.29, 1.82) is 0 Å². The summed E-state index contributed by atoms with van der Waals surface area (Å²) in [4.78, 5) is 24.4. The molecule has 0 saturated carbocycles. The van der Waals surface area contributed by atoms with Gasteiger partial charge in [0.25, 0.3) is 0 Å². The van der Waals surface area contributed by atoms with Gasteiger partial charge in [-0.15, -0.1) is 0 Å². The minimum atomic E-state index is -0.480. The zero-order chi connectivity index (χ0) is 17.1. The summed E-state index contributed by atoms with van der Waals surface area (Å²) in [5.41, 5.74) is 1.56. The number of rotatable bonds is 3. The summed E-state index contributed by atoms with van der Waals surface area (Å²) in [5.74, 6) is -0.193. The zero-order valence-electron chi connectivity index (χ0n) is 13.7. The highest BCUT2D eigenvalue weighted by atomic mass is 19.1. The molecule has 1 aromatic heterocycles. The Morgan fingerprint density at radius 1 is 1.12 bits per heavy atom. The van der Waals surface area contributed by atoms with Crippen LogP contribution in [0.2, 0.25) is 0 Å². The van der Waals surface area contributed by atoms with Gasteiger partial charge in [-0.3, -0.25) is 0 Å². The molecule has 1 aliphatic heterocycles. The van der Waals surface area contributed by atoms with Crippen molar-refractivity contribution in [1.82, 2.24) is 9.97 Å². The number of anilines is 2. The summed E-state index contributed by atoms with van der Waals surface area (Å²) < 4.78 is 18.6. The first kappa shape index (κ1) is 16.2. The van der Waals surface area contributed by atoms with Gasteiger partial charge in [0, 0.05) is 31.9 Å². The van der Waals surface area contributed by atoms with Gasteiger partial charge in [0.1, 0.15) is 5.82 Å². The lowest BCUT2D eigenvalue weighted by Gasteiger charge is -2.36. The number of methoxy groups -OCH3 is 1. The molecule has 1 aromatic carbocycles. The fourth-order valence-electron chi connectivity index (χ4n) is 2.76. The van der Waals surface area contributed by atoms with E-state index in [9.17, 15) is 9.18 Å². The second kappa shape index (κ2) is 6.82. The molecular weight excluding hydrogens is 311 g/mol. The number of halogens is 1. The Hall–Kier alpha value is -2.70. The molecular formula is C17H19FN4O2. The Bertz CT molecular complexity index is 745. The van der Waals surface area contributed by atoms with Crippen molar-refractivity contribution in [3.63, 3.8) is 0 Å². The number of piperazine rings is 1. The molecule has 0 radical (unpaired) electrons. The number of carbonyl (C=O) groups excluding carboxylic acids is 1. The van der Waals surface area contributed by atoms with Gasteiger partial charge in [-0.2, -0.15) is 0 Å². The standard InChI is InChI=1S/C17H19FN4O2/c1-12-11-14(16(23)24-2)20-17(19-12)22-9-7-21(8-10-22)15-6-4-3-5-13(15)18/h3-6,11H,7-10H2,1-2H3. The molecule has 0 bridgehead atoms. The van der Waals surface area contributed by atoms with Crippen LogP contribution in [0.3, 0.4) is 0 Å². The third-order valence-corrected chi connectivity index (χ3v) is 3.99. The summed E-state index contributed by atoms with van der Waals surface area (Å²) in [6, 6.07) is 8.36. The Morgan fingerprint density at radius 3 is 2.46 bits per heavy atom. The van der Waals surface area contributed by atoms with Crippen molar-refractivity contribution in [2.75, 3.05) is 43.1 Å². The molecule has 2 aromatic rings. The molecule has 0 spiro atoms. The Morgan fingerprint density at radius 2 is 1.79 bits per heavy atom. The molecule has 126 valence electrons. The molecule has 0 aliphatic carbocycles. The second-order valence-corrected chi connectivity index (χ2v) is 5.61. The third-order valence-electron chi connectivity index (χ3n) is 3.99. The van der Waals surface area contributed by atoms with Gasteiger partial charge in [0.05, 0.1) is 12.8 Å². The molecule has 1 saturated heterocycles. The molecule has 7 heteroatoms. The van der Waals surface area contributed by atoms with Crippen LogP contribution in [0.1, 0.15) is 16.2 Å². The van der Waals surface area contributed by atoms with E-state index in [1.807, 2.05) is 22.8 Å². The maximum Gasteiger partial charge on any atom is 0.356 e. The summed E-state index contributed by atoms with van der Waals surface area (Å²) in [5, 5.41) is 0. The van der Waals surface area contributed by atoms with E-state index in [2.05, 4.69) is 9.97 Å². The lowest BCUT2D eigenvalue weighted by Crippen LogP contribution is -2.47. The first-order chi connectivity index (χ1) is 11.6. The number of aryl methyl sites for hydroxylation is 1. The number of para-hydroxylation sites is 1. The fourth-order valence-corrected chi connectivity index (χ4v) is 2.76. The van der Waals surface area contributed by atoms with Crippen LogP contribution in [0.25, 0.3) is 0 Å². The highest BCUT2D eigenvalue weighted by molar-refractivity contribution is 5.87. The number of nitrogens with zero attached hydrogens (tertiary/aromatic N) is 4. The minimum absolute atomic E-state index is 0.217. The summed E-state index contributed by atoms with van der Waals surface area (Å²) >= 11 is 0. The fraction of sp³-hybridized carbons (Fsp3) is 0.353. The maximum atomic E-state index is 13.9. The third kappa shape index (κ3) is 3.29. The van der Waals surface area contributed by atoms with Gasteiger partial charge in [-0.05, 0) is 25.1 Å². The van der Waals surface area contributed by atoms with Crippen molar-refractivity contribution < 1.29 is 13.9 Å². The summed E-state index contributed by atoms with van der Waals surface area (Å²) in [6.45, 7) is 4.43. The average molecular weight is 330 g/mol. The number of ether oxygens (including phenoxy) is 1. The monoisotopic (exact) mass is 330 g/mol. The normalized spacial score (nSPS) is 14.6. The average Bonchev–Trinajstić information content (AvgIpc) is 2.61. The number of hydrogen-bond acceptors (Lipinski definition) is 6. The topological polar surface area (TPSA) is 58.6 Å². The van der Waals surface area contributed by atoms with E-state index in [4.69, 9.17) is 4.74 Å². The highest BCUT2D eigenvalue weighted by Crippen LogP contribution is 2.21. The van der Waals surface area contributed by atoms with E-state index in [1.165, 1.54) is 13.2 Å². The van der Waals surface area contributed by atoms with E-state index in [0.29, 0.717) is 43.5 Å². The number of hydrogen-bond donors (Lipinski definition) is 0. The zero-order valence-corrected chi connectivity index (χ0v) is 13.7. The first-order valence-electron chi connectivity index (χ1n) is 7.77. The van der Waals surface area contributed by atoms with Crippen LogP contribution in [-0.4, -0.2) is 49.2 Å². The Kier molecular flexibility index (Phi) is 4.59. The van der Waals surface area contributed by atoms with Gasteiger partial charge in [-0.25, -0.2) is 19.2 Å². The van der Waals surface area contributed by atoms with Gasteiger partial charge in [-0.1, -0.05) is 12.1 Å². The van der Waals surface area contributed by atoms with E-state index in [-0.39, 0.29) is 11.5 Å². The molecule has 24 heavy (non-hydrogen) atoms. The lowest BCUT2D eigenvalue weighted by atomic mass is 10.2. The molecule has 1 aliphatic rings. The van der Waals surface area contributed by atoms with Crippen LogP contribution >= 0.6 is 0 Å². The second-order valence-electron chi connectivity index (χ2n) is 5.61. The van der Waals surface area contributed by atoms with Crippen LogP contribution in [0, 0.1) is 12.7 Å². The quantitative estimate of drug-likeness (QED) is 0.803. The van der Waals surface area contributed by atoms with E-state index in [1.54, 1.807) is 18.2 Å². The predicted octanol–water partition coefficient (Wildman–Crippen LogP) is 2.04. The Labute approximate surface area is 139 Å². The van der Waals surface area contributed by atoms with Crippen LogP contribution < -0.4 is 9.80 Å². The minimum Gasteiger partial charge on any atom is -0.464 e. The SMILES string of the molecule is COC(=O)c1cc(C)nc(N2CCN(c3ccccc3F)CC2)n1. The molecule has 3 rings (SSSR count). The maximum absolute atomic E-state index is 13.9. The van der Waals surface area contributed by atoms with Crippen LogP contribution in [0.5, 0.6) is 0 Å². The van der Waals surface area contributed by atoms with Crippen LogP contribution in [0.4, 0.5) is 16.0 Å². The van der Waals surface area contributed by atoms with Crippen LogP contribution in [0.15, 0.2) is 30.3 Å². The molecule has 0 atom stereocenters. The number of esters is 1. The highest BCUT2D eigenvalue weighted by Gasteiger charge is 2.22. The molecule has 0 unspecified atom stereocenters. The van der Waals surface area contributed by atoms with Crippen molar-refractivity contribution in [2.24, 2.45) is 0 Å². The predicted molar refractivity (Wildman–Crippen MR) is 88.9 cm³/mol. The molecule has 0 amide bonds. The van der Waals surface area contributed by atoms with Crippen molar-refractivity contribution in [2.45, 2.75) is 6.92 Å². The van der Waals surface area contributed by atoms with Crippen molar-refractivity contribution in [3.05, 3.63) is 47.5 Å². The van der Waals surface area contributed by atoms with Crippen molar-refractivity contribution >= 4 is 17.6 Å². The van der Waals surface area contributed by atoms with Gasteiger partial charge < -0.3 is 14.5 Å². The number of benzene rings is 1. The summed E-state index contributed by atoms with van der Waals surface area (Å²) in [7, 11) is 1.33. The molecule has 6 nitrogen and oxygen atoms in total. The van der Waals surface area contributed by atoms with Crippen molar-refractivity contribution in [3.8, 4) is 0 Å². The van der Waals surface area contributed by atoms with E-state index < -0.39 is 5.97 Å². The smallest absolute Gasteiger partial charge is 0.356 e. The Balaban J connectivity index is 1.74. The van der Waals surface area contributed by atoms with Crippen LogP contribution in [-0.2, 0) is 4.74 Å². The molecule has 1 fully saturated rings. The number of carbonyl (C=O) groups is 1. The number of aromatic nitrogens is 2. The largest absolute Gasteiger partial charge is 0.464 e. The van der Waals surface area contributed by atoms with E-state index in [0.717, 1.165) is 0 Å². The molecule has 0 N–H and O–H groups in total. The lowest BCUT2D eigenvalue weighted by molar-refractivity contribution is 0.0593. The van der Waals surface area contributed by atoms with Gasteiger partial charge in [0.2, 0.25) is 5.95 Å². The van der Waals surface area contributed by atoms with Gasteiger partial charge in [0.15, 0.2) is 5.69 Å². The van der Waals surface area contributed by atoms with Gasteiger partial charge >= 0.3 is 5.97 Å². The molecule has 2 heterocycles. The first-order valence-corrected chi connectivity index (χ1v) is 7.77. The van der Waals surface area contributed by atoms with E-state index >= 15 is 0 Å². The summed E-state index contributed by atoms with van der Waals surface area (Å²) in [6.07, 6.45) is 0.